The van der Waals surface area contributed by atoms with Crippen LogP contribution in [-0.4, -0.2) is 49.3 Å². The smallest absolute Gasteiger partial charge is 0.0586 e. The first kappa shape index (κ1) is 13.3. The van der Waals surface area contributed by atoms with Crippen molar-refractivity contribution in [2.75, 3.05) is 26.7 Å². The average Bonchev–Trinajstić information content (AvgIpc) is 2.39. The monoisotopic (exact) mass is 240 g/mol. The highest BCUT2D eigenvalue weighted by molar-refractivity contribution is 4.93. The van der Waals surface area contributed by atoms with Crippen LogP contribution in [0, 0.1) is 0 Å². The van der Waals surface area contributed by atoms with Crippen LogP contribution in [0.2, 0.25) is 0 Å². The van der Waals surface area contributed by atoms with Gasteiger partial charge in [-0.15, -0.1) is 0 Å². The normalized spacial score (nSPS) is 40.4. The van der Waals surface area contributed by atoms with Crippen LogP contribution in [0.5, 0.6) is 0 Å². The fraction of sp³-hybridized carbons (Fsp3) is 1.00. The number of ether oxygens (including phenoxy) is 1. The zero-order chi connectivity index (χ0) is 12.3. The van der Waals surface area contributed by atoms with Crippen molar-refractivity contribution in [1.82, 2.24) is 10.2 Å². The summed E-state index contributed by atoms with van der Waals surface area (Å²) in [4.78, 5) is 2.70. The predicted molar refractivity (Wildman–Crippen MR) is 71.3 cm³/mol. The average molecular weight is 240 g/mol. The van der Waals surface area contributed by atoms with Gasteiger partial charge in [-0.25, -0.2) is 0 Å². The summed E-state index contributed by atoms with van der Waals surface area (Å²) in [5.41, 5.74) is 0.318. The molecule has 2 fully saturated rings. The Bertz CT molecular complexity index is 246. The van der Waals surface area contributed by atoms with Gasteiger partial charge in [0.05, 0.1) is 6.10 Å². The van der Waals surface area contributed by atoms with E-state index in [4.69, 9.17) is 4.74 Å². The van der Waals surface area contributed by atoms with E-state index in [-0.39, 0.29) is 0 Å². The van der Waals surface area contributed by atoms with Crippen LogP contribution in [0.15, 0.2) is 0 Å². The van der Waals surface area contributed by atoms with E-state index in [0.29, 0.717) is 11.6 Å². The molecule has 1 aliphatic heterocycles. The van der Waals surface area contributed by atoms with Crippen molar-refractivity contribution >= 4 is 0 Å². The van der Waals surface area contributed by atoms with E-state index in [1.165, 1.54) is 45.2 Å². The van der Waals surface area contributed by atoms with Gasteiger partial charge in [0.15, 0.2) is 0 Å². The van der Waals surface area contributed by atoms with Crippen LogP contribution >= 0.6 is 0 Å². The van der Waals surface area contributed by atoms with Crippen molar-refractivity contribution in [3.63, 3.8) is 0 Å². The van der Waals surface area contributed by atoms with Gasteiger partial charge in [-0.1, -0.05) is 6.92 Å². The minimum atomic E-state index is 0.318. The molecule has 3 unspecified atom stereocenters. The van der Waals surface area contributed by atoms with E-state index in [1.54, 1.807) is 0 Å². The van der Waals surface area contributed by atoms with E-state index in [2.05, 4.69) is 24.1 Å². The van der Waals surface area contributed by atoms with E-state index >= 15 is 0 Å². The lowest BCUT2D eigenvalue weighted by Gasteiger charge is -2.46. The zero-order valence-corrected chi connectivity index (χ0v) is 11.7. The van der Waals surface area contributed by atoms with E-state index in [9.17, 15) is 0 Å². The summed E-state index contributed by atoms with van der Waals surface area (Å²) in [6.07, 6.45) is 6.89. The fourth-order valence-electron chi connectivity index (χ4n) is 3.30. The van der Waals surface area contributed by atoms with Crippen LogP contribution in [0.25, 0.3) is 0 Å². The Labute approximate surface area is 106 Å². The first-order chi connectivity index (χ1) is 8.17. The second-order valence-corrected chi connectivity index (χ2v) is 5.99. The molecule has 0 spiro atoms. The third-order valence-corrected chi connectivity index (χ3v) is 4.73. The van der Waals surface area contributed by atoms with Gasteiger partial charge in [0.2, 0.25) is 0 Å². The van der Waals surface area contributed by atoms with Crippen LogP contribution < -0.4 is 5.32 Å². The molecule has 1 saturated carbocycles. The second-order valence-electron chi connectivity index (χ2n) is 5.99. The highest BCUT2D eigenvalue weighted by atomic mass is 16.5. The summed E-state index contributed by atoms with van der Waals surface area (Å²) in [6.45, 7) is 8.19. The maximum atomic E-state index is 5.55. The number of methoxy groups -OCH3 is 1. The van der Waals surface area contributed by atoms with Crippen molar-refractivity contribution < 1.29 is 4.74 Å². The lowest BCUT2D eigenvalue weighted by Crippen LogP contribution is -2.61. The third-order valence-electron chi connectivity index (χ3n) is 4.73. The summed E-state index contributed by atoms with van der Waals surface area (Å²) in [7, 11) is 1.86. The van der Waals surface area contributed by atoms with Crippen molar-refractivity contribution in [2.24, 2.45) is 0 Å². The van der Waals surface area contributed by atoms with Crippen LogP contribution in [0.4, 0.5) is 0 Å². The summed E-state index contributed by atoms with van der Waals surface area (Å²) in [6, 6.07) is 0.752. The summed E-state index contributed by atoms with van der Waals surface area (Å²) >= 11 is 0. The van der Waals surface area contributed by atoms with Gasteiger partial charge in [-0.2, -0.15) is 0 Å². The zero-order valence-electron chi connectivity index (χ0n) is 11.7. The lowest BCUT2D eigenvalue weighted by atomic mass is 9.88. The Morgan fingerprint density at radius 2 is 2.24 bits per heavy atom. The Balaban J connectivity index is 1.92. The Morgan fingerprint density at radius 1 is 1.41 bits per heavy atom. The van der Waals surface area contributed by atoms with Gasteiger partial charge >= 0.3 is 0 Å². The van der Waals surface area contributed by atoms with Crippen molar-refractivity contribution in [3.8, 4) is 0 Å². The molecule has 0 amide bonds. The van der Waals surface area contributed by atoms with Gasteiger partial charge in [0.25, 0.3) is 0 Å². The minimum absolute atomic E-state index is 0.318. The van der Waals surface area contributed by atoms with Crippen molar-refractivity contribution in [1.29, 1.82) is 0 Å². The first-order valence-corrected chi connectivity index (χ1v) is 7.19. The number of nitrogens with one attached hydrogen (secondary N) is 1. The van der Waals surface area contributed by atoms with Gasteiger partial charge in [0, 0.05) is 38.3 Å². The molecule has 3 nitrogen and oxygen atoms in total. The molecule has 100 valence electrons. The van der Waals surface area contributed by atoms with E-state index in [1.807, 2.05) is 7.11 Å². The third kappa shape index (κ3) is 3.21. The molecular formula is C14H28N2O. The molecular weight excluding hydrogens is 212 g/mol. The number of nitrogens with zero attached hydrogens (tertiary/aromatic N) is 1. The Hall–Kier alpha value is -0.120. The molecule has 1 saturated heterocycles. The molecule has 1 N–H and O–H groups in total. The van der Waals surface area contributed by atoms with Crippen LogP contribution in [0.3, 0.4) is 0 Å². The molecule has 0 bridgehead atoms. The molecule has 17 heavy (non-hydrogen) atoms. The SMILES string of the molecule is CCC1(C)CN(C2CCCC(OC)C2)CCN1. The van der Waals surface area contributed by atoms with Gasteiger partial charge in [-0.05, 0) is 39.0 Å². The van der Waals surface area contributed by atoms with Gasteiger partial charge < -0.3 is 10.1 Å². The predicted octanol–water partition coefficient (Wildman–Crippen LogP) is 2.02. The van der Waals surface area contributed by atoms with E-state index in [0.717, 1.165) is 12.6 Å². The number of rotatable bonds is 3. The van der Waals surface area contributed by atoms with Gasteiger partial charge in [-0.3, -0.25) is 4.90 Å². The maximum Gasteiger partial charge on any atom is 0.0586 e. The molecule has 3 atom stereocenters. The lowest BCUT2D eigenvalue weighted by molar-refractivity contribution is 0.00998. The van der Waals surface area contributed by atoms with Gasteiger partial charge in [0.1, 0.15) is 0 Å². The molecule has 0 aromatic rings. The summed E-state index contributed by atoms with van der Waals surface area (Å²) in [5.74, 6) is 0. The maximum absolute atomic E-state index is 5.55. The molecule has 2 aliphatic rings. The highest BCUT2D eigenvalue weighted by Gasteiger charge is 2.34. The molecule has 1 heterocycles. The topological polar surface area (TPSA) is 24.5 Å². The molecule has 3 heteroatoms. The standard InChI is InChI=1S/C14H28N2O/c1-4-14(2)11-16(9-8-15-14)12-6-5-7-13(10-12)17-3/h12-13,15H,4-11H2,1-3H3. The largest absolute Gasteiger partial charge is 0.381 e. The second kappa shape index (κ2) is 5.68. The molecule has 0 aromatic carbocycles. The molecule has 0 radical (unpaired) electrons. The fourth-order valence-corrected chi connectivity index (χ4v) is 3.30. The summed E-state index contributed by atoms with van der Waals surface area (Å²) in [5, 5.41) is 3.67. The van der Waals surface area contributed by atoms with Crippen molar-refractivity contribution in [3.05, 3.63) is 0 Å². The quantitative estimate of drug-likeness (QED) is 0.817. The Kier molecular flexibility index (Phi) is 4.45. The number of hydrogen-bond donors (Lipinski definition) is 1. The highest BCUT2D eigenvalue weighted by Crippen LogP contribution is 2.27. The van der Waals surface area contributed by atoms with Crippen molar-refractivity contribution in [2.45, 2.75) is 63.6 Å². The number of piperazine rings is 1. The van der Waals surface area contributed by atoms with E-state index < -0.39 is 0 Å². The number of hydrogen-bond acceptors (Lipinski definition) is 3. The summed E-state index contributed by atoms with van der Waals surface area (Å²) < 4.78 is 5.55. The molecule has 0 aromatic heterocycles. The van der Waals surface area contributed by atoms with Crippen LogP contribution in [0.1, 0.15) is 46.0 Å². The minimum Gasteiger partial charge on any atom is -0.381 e. The molecule has 2 rings (SSSR count). The first-order valence-electron chi connectivity index (χ1n) is 7.19. The molecule has 1 aliphatic carbocycles. The van der Waals surface area contributed by atoms with Crippen LogP contribution in [-0.2, 0) is 4.74 Å². The Morgan fingerprint density at radius 3 is 2.94 bits per heavy atom.